The van der Waals surface area contributed by atoms with E-state index in [9.17, 15) is 9.59 Å². The topological polar surface area (TPSA) is 67.9 Å². The Morgan fingerprint density at radius 3 is 2.44 bits per heavy atom. The van der Waals surface area contributed by atoms with Crippen LogP contribution in [0, 0.1) is 0 Å². The smallest absolute Gasteiger partial charge is 0.261 e. The number of benzene rings is 2. The van der Waals surface area contributed by atoms with E-state index in [4.69, 9.17) is 9.47 Å². The summed E-state index contributed by atoms with van der Waals surface area (Å²) in [5, 5.41) is 2.93. The SMILES string of the molecule is CCc1ccc(OCC(=O)N(Cc2cccc(OC)c2)[C@H](CC)C(=O)NC(C)C)c(Br)c1. The molecular weight excluding hydrogens is 472 g/mol. The number of amides is 2. The monoisotopic (exact) mass is 504 g/mol. The molecule has 0 aliphatic heterocycles. The molecule has 1 N–H and O–H groups in total. The number of hydrogen-bond donors (Lipinski definition) is 1. The highest BCUT2D eigenvalue weighted by Crippen LogP contribution is 2.26. The zero-order valence-electron chi connectivity index (χ0n) is 19.5. The molecule has 2 aromatic rings. The van der Waals surface area contributed by atoms with Gasteiger partial charge in [-0.2, -0.15) is 0 Å². The van der Waals surface area contributed by atoms with Gasteiger partial charge in [-0.3, -0.25) is 9.59 Å². The number of halogens is 1. The van der Waals surface area contributed by atoms with E-state index in [-0.39, 0.29) is 31.0 Å². The molecule has 0 heterocycles. The van der Waals surface area contributed by atoms with E-state index in [0.29, 0.717) is 17.9 Å². The highest BCUT2D eigenvalue weighted by atomic mass is 79.9. The molecule has 1 atom stereocenters. The van der Waals surface area contributed by atoms with Gasteiger partial charge in [-0.25, -0.2) is 0 Å². The van der Waals surface area contributed by atoms with Crippen LogP contribution in [0.1, 0.15) is 45.2 Å². The van der Waals surface area contributed by atoms with E-state index < -0.39 is 6.04 Å². The van der Waals surface area contributed by atoms with Crippen molar-refractivity contribution >= 4 is 27.7 Å². The molecule has 6 nitrogen and oxygen atoms in total. The van der Waals surface area contributed by atoms with Crippen molar-refractivity contribution in [3.63, 3.8) is 0 Å². The van der Waals surface area contributed by atoms with Crippen LogP contribution in [-0.4, -0.2) is 42.5 Å². The van der Waals surface area contributed by atoms with Crippen molar-refractivity contribution in [3.8, 4) is 11.5 Å². The maximum absolute atomic E-state index is 13.3. The first-order valence-electron chi connectivity index (χ1n) is 10.9. The molecule has 0 aliphatic carbocycles. The molecule has 0 radical (unpaired) electrons. The second-order valence-electron chi connectivity index (χ2n) is 7.87. The number of nitrogens with zero attached hydrogens (tertiary/aromatic N) is 1. The van der Waals surface area contributed by atoms with Crippen LogP contribution < -0.4 is 14.8 Å². The van der Waals surface area contributed by atoms with Gasteiger partial charge in [0.25, 0.3) is 5.91 Å². The fourth-order valence-electron chi connectivity index (χ4n) is 3.37. The summed E-state index contributed by atoms with van der Waals surface area (Å²) in [6.45, 7) is 7.89. The third-order valence-electron chi connectivity index (χ3n) is 5.06. The zero-order valence-corrected chi connectivity index (χ0v) is 21.1. The Labute approximate surface area is 199 Å². The molecule has 32 heavy (non-hydrogen) atoms. The molecule has 2 aromatic carbocycles. The molecule has 0 saturated carbocycles. The second-order valence-corrected chi connectivity index (χ2v) is 8.72. The van der Waals surface area contributed by atoms with Crippen LogP contribution >= 0.6 is 15.9 Å². The minimum Gasteiger partial charge on any atom is -0.497 e. The summed E-state index contributed by atoms with van der Waals surface area (Å²) in [4.78, 5) is 27.7. The highest BCUT2D eigenvalue weighted by molar-refractivity contribution is 9.10. The molecule has 2 rings (SSSR count). The summed E-state index contributed by atoms with van der Waals surface area (Å²) in [6, 6.07) is 12.7. The number of rotatable bonds is 11. The van der Waals surface area contributed by atoms with E-state index in [2.05, 4.69) is 28.2 Å². The standard InChI is InChI=1S/C25H33BrN2O4/c1-6-18-11-12-23(21(26)14-18)32-16-24(29)28(22(7-2)25(30)27-17(3)4)15-19-9-8-10-20(13-19)31-5/h8-14,17,22H,6-7,15-16H2,1-5H3,(H,27,30)/t22-/m1/s1. The number of methoxy groups -OCH3 is 1. The van der Waals surface area contributed by atoms with E-state index in [1.165, 1.54) is 5.56 Å². The van der Waals surface area contributed by atoms with Crippen molar-refractivity contribution < 1.29 is 19.1 Å². The van der Waals surface area contributed by atoms with Crippen molar-refractivity contribution in [3.05, 3.63) is 58.1 Å². The minimum atomic E-state index is -0.606. The van der Waals surface area contributed by atoms with E-state index in [1.54, 1.807) is 12.0 Å². The summed E-state index contributed by atoms with van der Waals surface area (Å²) in [7, 11) is 1.60. The molecular formula is C25H33BrN2O4. The van der Waals surface area contributed by atoms with Crippen molar-refractivity contribution in [2.45, 2.75) is 59.2 Å². The quantitative estimate of drug-likeness (QED) is 0.480. The Bertz CT molecular complexity index is 917. The van der Waals surface area contributed by atoms with Crippen LogP contribution in [-0.2, 0) is 22.6 Å². The first kappa shape index (κ1) is 25.7. The third kappa shape index (κ3) is 7.26. The largest absolute Gasteiger partial charge is 0.497 e. The van der Waals surface area contributed by atoms with Crippen LogP contribution in [0.2, 0.25) is 0 Å². The molecule has 0 bridgehead atoms. The van der Waals surface area contributed by atoms with E-state index in [0.717, 1.165) is 16.5 Å². The summed E-state index contributed by atoms with van der Waals surface area (Å²) in [6.07, 6.45) is 1.40. The molecule has 0 spiro atoms. The molecule has 174 valence electrons. The number of ether oxygens (including phenoxy) is 2. The average Bonchev–Trinajstić information content (AvgIpc) is 2.77. The summed E-state index contributed by atoms with van der Waals surface area (Å²) < 4.78 is 11.9. The molecule has 0 fully saturated rings. The lowest BCUT2D eigenvalue weighted by Gasteiger charge is -2.31. The van der Waals surface area contributed by atoms with Gasteiger partial charge in [-0.1, -0.05) is 32.0 Å². The van der Waals surface area contributed by atoms with Crippen molar-refractivity contribution in [2.75, 3.05) is 13.7 Å². The predicted octanol–water partition coefficient (Wildman–Crippen LogP) is 4.73. The lowest BCUT2D eigenvalue weighted by molar-refractivity contribution is -0.143. The van der Waals surface area contributed by atoms with Gasteiger partial charge in [0.2, 0.25) is 5.91 Å². The average molecular weight is 505 g/mol. The first-order chi connectivity index (χ1) is 15.3. The number of aryl methyl sites for hydroxylation is 1. The van der Waals surface area contributed by atoms with Crippen molar-refractivity contribution in [2.24, 2.45) is 0 Å². The molecule has 0 saturated heterocycles. The highest BCUT2D eigenvalue weighted by Gasteiger charge is 2.29. The van der Waals surface area contributed by atoms with Crippen molar-refractivity contribution in [1.82, 2.24) is 10.2 Å². The van der Waals surface area contributed by atoms with Gasteiger partial charge in [0.05, 0.1) is 11.6 Å². The van der Waals surface area contributed by atoms with E-state index in [1.807, 2.05) is 63.2 Å². The summed E-state index contributed by atoms with van der Waals surface area (Å²) in [5.41, 5.74) is 2.05. The number of hydrogen-bond acceptors (Lipinski definition) is 4. The zero-order chi connectivity index (χ0) is 23.7. The lowest BCUT2D eigenvalue weighted by atomic mass is 10.1. The first-order valence-corrected chi connectivity index (χ1v) is 11.7. The van der Waals surface area contributed by atoms with Crippen LogP contribution in [0.3, 0.4) is 0 Å². The Morgan fingerprint density at radius 1 is 1.09 bits per heavy atom. The molecule has 0 aliphatic rings. The third-order valence-corrected chi connectivity index (χ3v) is 5.68. The molecule has 7 heteroatoms. The second kappa shape index (κ2) is 12.5. The van der Waals surface area contributed by atoms with Gasteiger partial charge < -0.3 is 19.7 Å². The summed E-state index contributed by atoms with van der Waals surface area (Å²) >= 11 is 3.51. The molecule has 2 amide bonds. The Balaban J connectivity index is 2.25. The van der Waals surface area contributed by atoms with Crippen LogP contribution in [0.15, 0.2) is 46.9 Å². The number of nitrogens with one attached hydrogen (secondary N) is 1. The van der Waals surface area contributed by atoms with Gasteiger partial charge in [-0.15, -0.1) is 0 Å². The molecule has 0 aromatic heterocycles. The summed E-state index contributed by atoms with van der Waals surface area (Å²) in [5.74, 6) is 0.861. The normalized spacial score (nSPS) is 11.7. The maximum atomic E-state index is 13.3. The number of carbonyl (C=O) groups excluding carboxylic acids is 2. The van der Waals surface area contributed by atoms with E-state index >= 15 is 0 Å². The predicted molar refractivity (Wildman–Crippen MR) is 130 cm³/mol. The van der Waals surface area contributed by atoms with Crippen LogP contribution in [0.5, 0.6) is 11.5 Å². The number of carbonyl (C=O) groups is 2. The fraction of sp³-hybridized carbons (Fsp3) is 0.440. The van der Waals surface area contributed by atoms with Gasteiger partial charge >= 0.3 is 0 Å². The molecule has 0 unspecified atom stereocenters. The maximum Gasteiger partial charge on any atom is 0.261 e. The van der Waals surface area contributed by atoms with Crippen LogP contribution in [0.25, 0.3) is 0 Å². The van der Waals surface area contributed by atoms with Gasteiger partial charge in [0, 0.05) is 12.6 Å². The van der Waals surface area contributed by atoms with Crippen LogP contribution in [0.4, 0.5) is 0 Å². The van der Waals surface area contributed by atoms with Crippen molar-refractivity contribution in [1.29, 1.82) is 0 Å². The Kier molecular flexibility index (Phi) is 10.0. The fourth-order valence-corrected chi connectivity index (χ4v) is 3.91. The van der Waals surface area contributed by atoms with Gasteiger partial charge in [-0.05, 0) is 78.0 Å². The lowest BCUT2D eigenvalue weighted by Crippen LogP contribution is -2.51. The Morgan fingerprint density at radius 2 is 1.84 bits per heavy atom. The minimum absolute atomic E-state index is 0.0189. The van der Waals surface area contributed by atoms with Gasteiger partial charge in [0.15, 0.2) is 6.61 Å². The van der Waals surface area contributed by atoms with Gasteiger partial charge in [0.1, 0.15) is 17.5 Å². The Hall–Kier alpha value is -2.54.